The van der Waals surface area contributed by atoms with Gasteiger partial charge >= 0.3 is 0 Å². The molecular formula is C24H22FN3O2. The van der Waals surface area contributed by atoms with Crippen molar-refractivity contribution in [3.63, 3.8) is 0 Å². The van der Waals surface area contributed by atoms with Crippen molar-refractivity contribution in [3.8, 4) is 5.75 Å². The molecule has 0 aliphatic rings. The quantitative estimate of drug-likeness (QED) is 0.485. The molecule has 1 N–H and O–H groups in total. The van der Waals surface area contributed by atoms with Gasteiger partial charge in [-0.3, -0.25) is 4.79 Å². The van der Waals surface area contributed by atoms with E-state index in [1.165, 1.54) is 12.1 Å². The summed E-state index contributed by atoms with van der Waals surface area (Å²) in [6.07, 6.45) is 0.576. The van der Waals surface area contributed by atoms with Crippen LogP contribution in [0.25, 0.3) is 11.0 Å². The molecule has 0 unspecified atom stereocenters. The Hall–Kier alpha value is -3.67. The van der Waals surface area contributed by atoms with Crippen molar-refractivity contribution >= 4 is 16.9 Å². The van der Waals surface area contributed by atoms with Crippen molar-refractivity contribution in [2.24, 2.45) is 0 Å². The normalized spacial score (nSPS) is 10.8. The molecule has 152 valence electrons. The molecule has 0 spiro atoms. The van der Waals surface area contributed by atoms with Gasteiger partial charge in [-0.05, 0) is 42.0 Å². The highest BCUT2D eigenvalue weighted by molar-refractivity contribution is 5.78. The summed E-state index contributed by atoms with van der Waals surface area (Å²) in [7, 11) is 0. The Morgan fingerprint density at radius 3 is 2.50 bits per heavy atom. The van der Waals surface area contributed by atoms with Crippen LogP contribution < -0.4 is 10.1 Å². The Bertz CT molecular complexity index is 1120. The van der Waals surface area contributed by atoms with Gasteiger partial charge in [0.15, 0.2) is 6.61 Å². The van der Waals surface area contributed by atoms with E-state index in [0.717, 1.165) is 22.4 Å². The maximum absolute atomic E-state index is 13.2. The number of halogens is 1. The molecule has 0 aliphatic carbocycles. The molecule has 30 heavy (non-hydrogen) atoms. The number of hydrogen-bond acceptors (Lipinski definition) is 3. The second-order valence-corrected chi connectivity index (χ2v) is 6.93. The van der Waals surface area contributed by atoms with Crippen molar-refractivity contribution in [1.82, 2.24) is 14.9 Å². The highest BCUT2D eigenvalue weighted by atomic mass is 19.1. The number of nitrogens with zero attached hydrogens (tertiary/aromatic N) is 2. The zero-order chi connectivity index (χ0) is 20.8. The van der Waals surface area contributed by atoms with Gasteiger partial charge in [0, 0.05) is 19.5 Å². The lowest BCUT2D eigenvalue weighted by molar-refractivity contribution is -0.123. The van der Waals surface area contributed by atoms with Crippen LogP contribution >= 0.6 is 0 Å². The van der Waals surface area contributed by atoms with Crippen molar-refractivity contribution < 1.29 is 13.9 Å². The lowest BCUT2D eigenvalue weighted by Gasteiger charge is -2.11. The molecule has 0 atom stereocenters. The Morgan fingerprint density at radius 2 is 1.70 bits per heavy atom. The van der Waals surface area contributed by atoms with Crippen molar-refractivity contribution in [2.45, 2.75) is 13.0 Å². The van der Waals surface area contributed by atoms with Gasteiger partial charge in [0.25, 0.3) is 5.91 Å². The number of carbonyl (C=O) groups excluding carboxylic acids is 1. The maximum Gasteiger partial charge on any atom is 0.257 e. The van der Waals surface area contributed by atoms with Gasteiger partial charge in [-0.1, -0.05) is 42.5 Å². The standard InChI is InChI=1S/C24H22FN3O2/c25-19-12-10-18(11-13-19)16-28-22-9-5-4-8-21(22)27-23(28)14-15-26-24(29)17-30-20-6-2-1-3-7-20/h1-13H,14-17H2,(H,26,29). The third-order valence-electron chi connectivity index (χ3n) is 4.77. The smallest absolute Gasteiger partial charge is 0.257 e. The molecule has 6 heteroatoms. The van der Waals surface area contributed by atoms with E-state index in [0.29, 0.717) is 25.3 Å². The number of fused-ring (bicyclic) bond motifs is 1. The number of amides is 1. The van der Waals surface area contributed by atoms with E-state index in [9.17, 15) is 9.18 Å². The van der Waals surface area contributed by atoms with Gasteiger partial charge in [-0.15, -0.1) is 0 Å². The van der Waals surface area contributed by atoms with E-state index in [1.807, 2.05) is 54.6 Å². The maximum atomic E-state index is 13.2. The molecule has 0 fully saturated rings. The zero-order valence-electron chi connectivity index (χ0n) is 16.4. The number of aromatic nitrogens is 2. The minimum Gasteiger partial charge on any atom is -0.484 e. The molecule has 4 rings (SSSR count). The second kappa shape index (κ2) is 9.22. The summed E-state index contributed by atoms with van der Waals surface area (Å²) in [5.41, 5.74) is 2.89. The molecule has 1 heterocycles. The zero-order valence-corrected chi connectivity index (χ0v) is 16.4. The van der Waals surface area contributed by atoms with Crippen LogP contribution in [-0.4, -0.2) is 28.6 Å². The SMILES string of the molecule is O=C(COc1ccccc1)NCCc1nc2ccccc2n1Cc1ccc(F)cc1. The Balaban J connectivity index is 1.40. The molecular weight excluding hydrogens is 381 g/mol. The van der Waals surface area contributed by atoms with Gasteiger partial charge in [0.2, 0.25) is 0 Å². The monoisotopic (exact) mass is 403 g/mol. The predicted molar refractivity (Wildman–Crippen MR) is 114 cm³/mol. The van der Waals surface area contributed by atoms with Gasteiger partial charge in [-0.2, -0.15) is 0 Å². The second-order valence-electron chi connectivity index (χ2n) is 6.93. The van der Waals surface area contributed by atoms with Crippen LogP contribution in [0, 0.1) is 5.82 Å². The number of nitrogens with one attached hydrogen (secondary N) is 1. The van der Waals surface area contributed by atoms with Crippen molar-refractivity contribution in [2.75, 3.05) is 13.2 Å². The first kappa shape index (κ1) is 19.6. The van der Waals surface area contributed by atoms with Crippen LogP contribution in [0.15, 0.2) is 78.9 Å². The molecule has 0 bridgehead atoms. The molecule has 0 saturated heterocycles. The molecule has 1 amide bonds. The summed E-state index contributed by atoms with van der Waals surface area (Å²) in [5, 5.41) is 2.88. The van der Waals surface area contributed by atoms with Crippen molar-refractivity contribution in [1.29, 1.82) is 0 Å². The summed E-state index contributed by atoms with van der Waals surface area (Å²) in [6.45, 7) is 1.00. The lowest BCUT2D eigenvalue weighted by atomic mass is 10.2. The molecule has 4 aromatic rings. The average Bonchev–Trinajstić information content (AvgIpc) is 3.12. The summed E-state index contributed by atoms with van der Waals surface area (Å²) in [4.78, 5) is 16.8. The molecule has 5 nitrogen and oxygen atoms in total. The summed E-state index contributed by atoms with van der Waals surface area (Å²) in [6, 6.07) is 23.6. The fraction of sp³-hybridized carbons (Fsp3) is 0.167. The highest BCUT2D eigenvalue weighted by Gasteiger charge is 2.12. The predicted octanol–water partition coefficient (Wildman–Crippen LogP) is 3.96. The van der Waals surface area contributed by atoms with E-state index in [1.54, 1.807) is 12.1 Å². The average molecular weight is 403 g/mol. The van der Waals surface area contributed by atoms with E-state index in [2.05, 4.69) is 9.88 Å². The molecule has 0 radical (unpaired) electrons. The lowest BCUT2D eigenvalue weighted by Crippen LogP contribution is -2.31. The first-order valence-electron chi connectivity index (χ1n) is 9.82. The van der Waals surface area contributed by atoms with Gasteiger partial charge < -0.3 is 14.6 Å². The third-order valence-corrected chi connectivity index (χ3v) is 4.77. The number of imidazole rings is 1. The summed E-state index contributed by atoms with van der Waals surface area (Å²) >= 11 is 0. The summed E-state index contributed by atoms with van der Waals surface area (Å²) in [5.74, 6) is 1.09. The Kier molecular flexibility index (Phi) is 6.03. The Labute approximate surface area is 174 Å². The molecule has 1 aromatic heterocycles. The number of rotatable bonds is 8. The van der Waals surface area contributed by atoms with Crippen LogP contribution in [0.2, 0.25) is 0 Å². The topological polar surface area (TPSA) is 56.1 Å². The largest absolute Gasteiger partial charge is 0.484 e. The van der Waals surface area contributed by atoms with Crippen LogP contribution in [0.3, 0.4) is 0 Å². The number of benzene rings is 3. The number of hydrogen-bond donors (Lipinski definition) is 1. The minimum atomic E-state index is -0.255. The fourth-order valence-electron chi connectivity index (χ4n) is 3.30. The number of ether oxygens (including phenoxy) is 1. The van der Waals surface area contributed by atoms with E-state index >= 15 is 0 Å². The molecule has 0 saturated carbocycles. The van der Waals surface area contributed by atoms with Gasteiger partial charge in [0.1, 0.15) is 17.4 Å². The van der Waals surface area contributed by atoms with E-state index < -0.39 is 0 Å². The van der Waals surface area contributed by atoms with Crippen LogP contribution in [0.1, 0.15) is 11.4 Å². The van der Waals surface area contributed by atoms with Crippen LogP contribution in [-0.2, 0) is 17.8 Å². The third kappa shape index (κ3) is 4.84. The van der Waals surface area contributed by atoms with E-state index in [-0.39, 0.29) is 18.3 Å². The summed E-state index contributed by atoms with van der Waals surface area (Å²) < 4.78 is 20.8. The van der Waals surface area contributed by atoms with Crippen molar-refractivity contribution in [3.05, 3.63) is 96.1 Å². The first-order chi connectivity index (χ1) is 14.7. The highest BCUT2D eigenvalue weighted by Crippen LogP contribution is 2.18. The molecule has 0 aliphatic heterocycles. The van der Waals surface area contributed by atoms with Gasteiger partial charge in [-0.25, -0.2) is 9.37 Å². The number of carbonyl (C=O) groups is 1. The Morgan fingerprint density at radius 1 is 0.967 bits per heavy atom. The van der Waals surface area contributed by atoms with Crippen LogP contribution in [0.4, 0.5) is 4.39 Å². The van der Waals surface area contributed by atoms with Gasteiger partial charge in [0.05, 0.1) is 11.0 Å². The minimum absolute atomic E-state index is 0.0317. The fourth-order valence-corrected chi connectivity index (χ4v) is 3.30. The molecule has 3 aromatic carbocycles. The van der Waals surface area contributed by atoms with E-state index in [4.69, 9.17) is 9.72 Å². The van der Waals surface area contributed by atoms with Crippen LogP contribution in [0.5, 0.6) is 5.75 Å². The first-order valence-corrected chi connectivity index (χ1v) is 9.82. The number of para-hydroxylation sites is 3.